The van der Waals surface area contributed by atoms with Crippen molar-refractivity contribution < 1.29 is 59.5 Å². The molecule has 0 radical (unpaired) electrons. The average Bonchev–Trinajstić information content (AvgIpc) is 3.13. The molecule has 2 heterocycles. The summed E-state index contributed by atoms with van der Waals surface area (Å²) in [5.41, 5.74) is 19.4. The number of nitrogens with one attached hydrogen (secondary N) is 1. The fourth-order valence-electron chi connectivity index (χ4n) is 5.08. The van der Waals surface area contributed by atoms with Crippen molar-refractivity contribution in [3.63, 3.8) is 0 Å². The Kier molecular flexibility index (Phi) is 10.2. The molecule has 2 saturated heterocycles. The van der Waals surface area contributed by atoms with E-state index in [0.717, 1.165) is 0 Å². The maximum absolute atomic E-state index is 12.1. The van der Waals surface area contributed by atoms with Crippen molar-refractivity contribution in [2.24, 2.45) is 32.9 Å². The first-order valence-electron chi connectivity index (χ1n) is 12.4. The Morgan fingerprint density at radius 1 is 0.900 bits per heavy atom. The molecule has 3 fully saturated rings. The number of aliphatic hydroxyl groups excluding tert-OH is 6. The zero-order chi connectivity index (χ0) is 30.1. The highest BCUT2D eigenvalue weighted by Gasteiger charge is 2.60. The molecule has 1 aliphatic carbocycles. The van der Waals surface area contributed by atoms with Gasteiger partial charge in [0.1, 0.15) is 60.9 Å². The fraction of sp³-hybridized carbons (Fsp3) is 0.857. The summed E-state index contributed by atoms with van der Waals surface area (Å²) < 4.78 is 22.9. The molecular weight excluding hydrogens is 542 g/mol. The Labute approximate surface area is 228 Å². The lowest BCUT2D eigenvalue weighted by atomic mass is 9.81. The Bertz CT molecular complexity index is 940. The van der Waals surface area contributed by atoms with Gasteiger partial charge in [0.2, 0.25) is 0 Å². The molecule has 16 N–H and O–H groups in total. The topological polar surface area (TPSA) is 336 Å². The molecular formula is C21H39N7O12. The van der Waals surface area contributed by atoms with E-state index in [1.165, 1.54) is 14.0 Å². The normalized spacial score (nSPS) is 47.4. The molecule has 0 bridgehead atoms. The van der Waals surface area contributed by atoms with E-state index in [9.17, 15) is 40.5 Å². The van der Waals surface area contributed by atoms with Gasteiger partial charge >= 0.3 is 0 Å². The van der Waals surface area contributed by atoms with Crippen LogP contribution in [0.1, 0.15) is 6.92 Å². The van der Waals surface area contributed by atoms with Crippen LogP contribution >= 0.6 is 0 Å². The van der Waals surface area contributed by atoms with Crippen molar-refractivity contribution in [2.75, 3.05) is 13.7 Å². The minimum atomic E-state index is -2.38. The molecule has 3 aliphatic rings. The van der Waals surface area contributed by atoms with Crippen LogP contribution in [0.15, 0.2) is 9.98 Å². The number of likely N-dealkylation sites (N-methyl/N-ethyl adjacent to an activating group) is 1. The van der Waals surface area contributed by atoms with Crippen LogP contribution in [0, 0.1) is 0 Å². The molecule has 15 atom stereocenters. The highest BCUT2D eigenvalue weighted by molar-refractivity contribution is 5.76. The second-order valence-electron chi connectivity index (χ2n) is 9.89. The molecule has 0 aromatic carbocycles. The van der Waals surface area contributed by atoms with Crippen molar-refractivity contribution in [1.82, 2.24) is 5.32 Å². The van der Waals surface area contributed by atoms with E-state index in [1.807, 2.05) is 0 Å². The maximum Gasteiger partial charge on any atom is 0.188 e. The van der Waals surface area contributed by atoms with Gasteiger partial charge in [-0.05, 0) is 14.0 Å². The second-order valence-corrected chi connectivity index (χ2v) is 9.89. The molecule has 40 heavy (non-hydrogen) atoms. The summed E-state index contributed by atoms with van der Waals surface area (Å²) in [4.78, 5) is 19.7. The van der Waals surface area contributed by atoms with E-state index < -0.39 is 110 Å². The number of aliphatic imine (C=N–C) groups is 2. The van der Waals surface area contributed by atoms with Gasteiger partial charge in [0.25, 0.3) is 0 Å². The van der Waals surface area contributed by atoms with E-state index in [1.54, 1.807) is 0 Å². The molecule has 19 nitrogen and oxygen atoms in total. The minimum absolute atomic E-state index is 0.140. The highest BCUT2D eigenvalue weighted by atomic mass is 16.8. The Morgan fingerprint density at radius 2 is 1.50 bits per heavy atom. The molecule has 3 rings (SSSR count). The lowest BCUT2D eigenvalue weighted by Gasteiger charge is -2.45. The van der Waals surface area contributed by atoms with Crippen LogP contribution in [0.4, 0.5) is 0 Å². The summed E-state index contributed by atoms with van der Waals surface area (Å²) in [7, 11) is 1.42. The van der Waals surface area contributed by atoms with Gasteiger partial charge in [-0.3, -0.25) is 4.79 Å². The van der Waals surface area contributed by atoms with E-state index >= 15 is 0 Å². The van der Waals surface area contributed by atoms with Crippen LogP contribution in [0.5, 0.6) is 0 Å². The number of guanidine groups is 2. The molecule has 0 amide bonds. The quantitative estimate of drug-likeness (QED) is 0.0682. The number of nitrogens with zero attached hydrogens (tertiary/aromatic N) is 2. The minimum Gasteiger partial charge on any atom is -0.394 e. The number of rotatable bonds is 9. The van der Waals surface area contributed by atoms with Crippen molar-refractivity contribution in [3.05, 3.63) is 0 Å². The summed E-state index contributed by atoms with van der Waals surface area (Å²) in [5, 5.41) is 76.6. The third kappa shape index (κ3) is 6.00. The van der Waals surface area contributed by atoms with Crippen LogP contribution < -0.4 is 28.3 Å². The van der Waals surface area contributed by atoms with Crippen LogP contribution in [0.2, 0.25) is 0 Å². The van der Waals surface area contributed by atoms with Gasteiger partial charge in [0, 0.05) is 0 Å². The van der Waals surface area contributed by atoms with Gasteiger partial charge in [-0.15, -0.1) is 0 Å². The van der Waals surface area contributed by atoms with Crippen LogP contribution in [-0.4, -0.2) is 159 Å². The number of aldehydes is 1. The number of ether oxygens (including phenoxy) is 4. The lowest BCUT2D eigenvalue weighted by molar-refractivity contribution is -0.314. The molecule has 230 valence electrons. The predicted octanol–water partition coefficient (Wildman–Crippen LogP) is -8.16. The Hall–Kier alpha value is -2.27. The monoisotopic (exact) mass is 581 g/mol. The highest BCUT2D eigenvalue weighted by Crippen LogP contribution is 2.38. The Morgan fingerprint density at radius 3 is 2.02 bits per heavy atom. The molecule has 19 heteroatoms. The summed E-state index contributed by atoms with van der Waals surface area (Å²) in [6.45, 7) is 0.620. The number of carbonyl (C=O) groups is 1. The number of hydrogen-bond acceptors (Lipinski definition) is 15. The third-order valence-corrected chi connectivity index (χ3v) is 7.34. The number of nitrogens with two attached hydrogens (primary N) is 4. The summed E-state index contributed by atoms with van der Waals surface area (Å²) >= 11 is 0. The van der Waals surface area contributed by atoms with Crippen LogP contribution in [0.25, 0.3) is 0 Å². The molecule has 0 aromatic heterocycles. The first-order valence-corrected chi connectivity index (χ1v) is 12.4. The van der Waals surface area contributed by atoms with E-state index in [0.29, 0.717) is 0 Å². The van der Waals surface area contributed by atoms with E-state index in [4.69, 9.17) is 41.9 Å². The van der Waals surface area contributed by atoms with Crippen molar-refractivity contribution >= 4 is 18.2 Å². The number of hydrogen-bond donors (Lipinski definition) is 12. The smallest absolute Gasteiger partial charge is 0.188 e. The molecule has 1 saturated carbocycles. The average molecular weight is 582 g/mol. The third-order valence-electron chi connectivity index (χ3n) is 7.34. The van der Waals surface area contributed by atoms with E-state index in [-0.39, 0.29) is 6.29 Å². The summed E-state index contributed by atoms with van der Waals surface area (Å²) in [5.74, 6) is -1.03. The van der Waals surface area contributed by atoms with Gasteiger partial charge in [0.15, 0.2) is 36.4 Å². The fourth-order valence-corrected chi connectivity index (χ4v) is 5.08. The largest absolute Gasteiger partial charge is 0.394 e. The SMILES string of the molecule is CN[C@@H]1[C@H](O[C@@H]2[C@H](O[C@@H]3[C@H](O)[C@H](O)[C@H](N=C(N)N)[C@H](O)[C@@H]3N=C(N)N)O[C@H](C)[C@]2(O)C=O)O[C@H](CO)[C@@H](O)[C@H]1O. The lowest BCUT2D eigenvalue weighted by Crippen LogP contribution is -2.66. The number of aliphatic hydroxyl groups is 7. The van der Waals surface area contributed by atoms with Crippen LogP contribution in [0.3, 0.4) is 0 Å². The van der Waals surface area contributed by atoms with Gasteiger partial charge < -0.3 is 82.9 Å². The van der Waals surface area contributed by atoms with Gasteiger partial charge in [-0.25, -0.2) is 9.98 Å². The summed E-state index contributed by atoms with van der Waals surface area (Å²) in [6, 6.07) is -4.08. The van der Waals surface area contributed by atoms with Crippen molar-refractivity contribution in [1.29, 1.82) is 0 Å². The predicted molar refractivity (Wildman–Crippen MR) is 133 cm³/mol. The summed E-state index contributed by atoms with van der Waals surface area (Å²) in [6.07, 6.45) is -17.3. The van der Waals surface area contributed by atoms with Gasteiger partial charge in [-0.2, -0.15) is 0 Å². The first kappa shape index (κ1) is 32.2. The second kappa shape index (κ2) is 12.7. The van der Waals surface area contributed by atoms with Crippen LogP contribution in [-0.2, 0) is 23.7 Å². The standard InChI is InChI=1S/C21H39N7O12/c1-5-21(36,4-30)16(40-17-9(26-2)13(34)10(31)6(3-29)38-17)18(37-5)39-15-8(28-20(24)25)11(32)7(27-19(22)23)12(33)14(15)35/h4-18,26,29,31-36H,3H2,1-2H3,(H4,22,23,27)(H4,24,25,28)/t5-,6-,7-,8+,9+,10-,11+,12-,13+,14-,15+,16-,17+,18+,21-/m1/s1. The molecule has 0 unspecified atom stereocenters. The maximum atomic E-state index is 12.1. The van der Waals surface area contributed by atoms with E-state index in [2.05, 4.69) is 15.3 Å². The van der Waals surface area contributed by atoms with Crippen molar-refractivity contribution in [2.45, 2.75) is 98.2 Å². The zero-order valence-electron chi connectivity index (χ0n) is 21.7. The molecule has 0 aromatic rings. The first-order chi connectivity index (χ1) is 18.7. The van der Waals surface area contributed by atoms with Gasteiger partial charge in [0.05, 0.1) is 18.8 Å². The number of carbonyl (C=O) groups excluding carboxylic acids is 1. The molecule has 2 aliphatic heterocycles. The zero-order valence-corrected chi connectivity index (χ0v) is 21.7. The Balaban J connectivity index is 1.96. The van der Waals surface area contributed by atoms with Gasteiger partial charge in [-0.1, -0.05) is 0 Å². The molecule has 0 spiro atoms. The van der Waals surface area contributed by atoms with Crippen molar-refractivity contribution in [3.8, 4) is 0 Å².